The molecule has 0 saturated carbocycles. The van der Waals surface area contributed by atoms with Crippen molar-refractivity contribution in [2.75, 3.05) is 0 Å². The third kappa shape index (κ3) is 1.01. The number of hydrogen-bond donors (Lipinski definition) is 2. The highest BCUT2D eigenvalue weighted by Gasteiger charge is 2.07. The van der Waals surface area contributed by atoms with Gasteiger partial charge in [-0.05, 0) is 18.6 Å². The highest BCUT2D eigenvalue weighted by Crippen LogP contribution is 2.37. The van der Waals surface area contributed by atoms with E-state index in [1.807, 2.05) is 19.1 Å². The van der Waals surface area contributed by atoms with Crippen molar-refractivity contribution in [2.45, 2.75) is 11.1 Å². The van der Waals surface area contributed by atoms with Crippen LogP contribution in [0.5, 0.6) is 5.75 Å². The lowest BCUT2D eigenvalue weighted by Gasteiger charge is -1.92. The Labute approximate surface area is 80.1 Å². The molecule has 12 heavy (non-hydrogen) atoms. The summed E-state index contributed by atoms with van der Waals surface area (Å²) in [7, 11) is 0. The zero-order valence-electron chi connectivity index (χ0n) is 6.53. The van der Waals surface area contributed by atoms with E-state index < -0.39 is 0 Å². The highest BCUT2D eigenvalue weighted by atomic mass is 32.2. The summed E-state index contributed by atoms with van der Waals surface area (Å²) in [6.45, 7) is 2.01. The number of fused-ring (bicyclic) bond motifs is 1. The Bertz CT molecular complexity index is 431. The van der Waals surface area contributed by atoms with Gasteiger partial charge in [-0.15, -0.1) is 24.0 Å². The molecule has 0 amide bonds. The lowest BCUT2D eigenvalue weighted by Crippen LogP contribution is -1.68. The van der Waals surface area contributed by atoms with Crippen LogP contribution in [0.25, 0.3) is 10.1 Å². The molecule has 2 rings (SSSR count). The molecule has 3 heteroatoms. The molecule has 0 aliphatic heterocycles. The van der Waals surface area contributed by atoms with Crippen molar-refractivity contribution >= 4 is 34.1 Å². The maximum Gasteiger partial charge on any atom is 0.133 e. The summed E-state index contributed by atoms with van der Waals surface area (Å²) in [5.41, 5.74) is 1.15. The van der Waals surface area contributed by atoms with Crippen LogP contribution in [-0.2, 0) is 0 Å². The van der Waals surface area contributed by atoms with Crippen molar-refractivity contribution in [1.82, 2.24) is 0 Å². The predicted molar refractivity (Wildman–Crippen MR) is 55.5 cm³/mol. The Morgan fingerprint density at radius 3 is 2.83 bits per heavy atom. The molecule has 0 aliphatic carbocycles. The lowest BCUT2D eigenvalue weighted by molar-refractivity contribution is 0.482. The molecule has 0 atom stereocenters. The fraction of sp³-hybridized carbons (Fsp3) is 0.111. The Morgan fingerprint density at radius 1 is 1.42 bits per heavy atom. The van der Waals surface area contributed by atoms with Gasteiger partial charge in [-0.1, -0.05) is 12.1 Å². The minimum absolute atomic E-state index is 0.348. The molecule has 62 valence electrons. The molecule has 0 saturated heterocycles. The van der Waals surface area contributed by atoms with E-state index in [-0.39, 0.29) is 0 Å². The van der Waals surface area contributed by atoms with Gasteiger partial charge in [0.05, 0.1) is 8.91 Å². The zero-order valence-corrected chi connectivity index (χ0v) is 8.25. The number of phenolic OH excluding ortho intramolecular Hbond substituents is 1. The van der Waals surface area contributed by atoms with Crippen LogP contribution in [0.4, 0.5) is 0 Å². The summed E-state index contributed by atoms with van der Waals surface area (Å²) in [4.78, 5) is 0. The molecular formula is C9H8OS2. The first kappa shape index (κ1) is 7.95. The van der Waals surface area contributed by atoms with Gasteiger partial charge in [-0.25, -0.2) is 0 Å². The van der Waals surface area contributed by atoms with Crippen LogP contribution in [0.2, 0.25) is 0 Å². The Hall–Kier alpha value is -0.670. The number of aromatic hydroxyl groups is 1. The molecule has 0 fully saturated rings. The normalized spacial score (nSPS) is 10.8. The molecule has 0 spiro atoms. The highest BCUT2D eigenvalue weighted by molar-refractivity contribution is 7.83. The fourth-order valence-corrected chi connectivity index (χ4v) is 2.57. The molecule has 2 aromatic rings. The fourth-order valence-electron chi connectivity index (χ4n) is 1.22. The second-order valence-electron chi connectivity index (χ2n) is 2.69. The maximum absolute atomic E-state index is 9.49. The van der Waals surface area contributed by atoms with E-state index in [0.29, 0.717) is 5.75 Å². The van der Waals surface area contributed by atoms with E-state index >= 15 is 0 Å². The SMILES string of the molecule is Cc1c(S)sc2c(O)cccc12. The molecule has 0 unspecified atom stereocenters. The largest absolute Gasteiger partial charge is 0.506 e. The summed E-state index contributed by atoms with van der Waals surface area (Å²) in [6.07, 6.45) is 0. The second kappa shape index (κ2) is 2.68. The number of rotatable bonds is 0. The van der Waals surface area contributed by atoms with E-state index in [1.54, 1.807) is 6.07 Å². The van der Waals surface area contributed by atoms with E-state index in [0.717, 1.165) is 19.9 Å². The van der Waals surface area contributed by atoms with E-state index in [9.17, 15) is 5.11 Å². The number of phenols is 1. The summed E-state index contributed by atoms with van der Waals surface area (Å²) in [5.74, 6) is 0.348. The van der Waals surface area contributed by atoms with Gasteiger partial charge in [0.15, 0.2) is 0 Å². The average Bonchev–Trinajstić information content (AvgIpc) is 2.32. The Morgan fingerprint density at radius 2 is 2.17 bits per heavy atom. The number of hydrogen-bond acceptors (Lipinski definition) is 3. The second-order valence-corrected chi connectivity index (χ2v) is 4.46. The standard InChI is InChI=1S/C9H8OS2/c1-5-6-3-2-4-7(10)8(6)12-9(5)11/h2-4,10-11H,1H3. The van der Waals surface area contributed by atoms with Crippen molar-refractivity contribution in [3.05, 3.63) is 23.8 Å². The minimum atomic E-state index is 0.348. The van der Waals surface area contributed by atoms with Gasteiger partial charge >= 0.3 is 0 Å². The van der Waals surface area contributed by atoms with Crippen LogP contribution in [-0.4, -0.2) is 5.11 Å². The molecule has 0 aliphatic rings. The quantitative estimate of drug-likeness (QED) is 0.620. The van der Waals surface area contributed by atoms with Gasteiger partial charge in [-0.3, -0.25) is 0 Å². The van der Waals surface area contributed by atoms with Gasteiger partial charge in [0.25, 0.3) is 0 Å². The van der Waals surface area contributed by atoms with Crippen molar-refractivity contribution in [3.63, 3.8) is 0 Å². The van der Waals surface area contributed by atoms with Gasteiger partial charge < -0.3 is 5.11 Å². The maximum atomic E-state index is 9.49. The van der Waals surface area contributed by atoms with Crippen LogP contribution < -0.4 is 0 Å². The first-order valence-corrected chi connectivity index (χ1v) is 4.86. The Balaban J connectivity index is 2.95. The van der Waals surface area contributed by atoms with Crippen LogP contribution in [0, 0.1) is 6.92 Å². The Kier molecular flexibility index (Phi) is 1.77. The summed E-state index contributed by atoms with van der Waals surface area (Å²) in [6, 6.07) is 5.55. The number of thiophene rings is 1. The average molecular weight is 196 g/mol. The van der Waals surface area contributed by atoms with Gasteiger partial charge in [0.1, 0.15) is 5.75 Å². The van der Waals surface area contributed by atoms with E-state index in [4.69, 9.17) is 0 Å². The first-order valence-electron chi connectivity index (χ1n) is 3.60. The zero-order chi connectivity index (χ0) is 8.72. The van der Waals surface area contributed by atoms with Gasteiger partial charge in [0.2, 0.25) is 0 Å². The van der Waals surface area contributed by atoms with Gasteiger partial charge in [-0.2, -0.15) is 0 Å². The monoisotopic (exact) mass is 196 g/mol. The van der Waals surface area contributed by atoms with Crippen molar-refractivity contribution in [1.29, 1.82) is 0 Å². The molecule has 1 N–H and O–H groups in total. The third-order valence-corrected chi connectivity index (χ3v) is 3.66. The topological polar surface area (TPSA) is 20.2 Å². The first-order chi connectivity index (χ1) is 5.70. The molecule has 1 nitrogen and oxygen atoms in total. The lowest BCUT2D eigenvalue weighted by atomic mass is 10.2. The van der Waals surface area contributed by atoms with Crippen LogP contribution in [0.3, 0.4) is 0 Å². The molecular weight excluding hydrogens is 188 g/mol. The number of benzene rings is 1. The van der Waals surface area contributed by atoms with E-state index in [2.05, 4.69) is 12.6 Å². The van der Waals surface area contributed by atoms with Crippen molar-refractivity contribution < 1.29 is 5.11 Å². The molecule has 0 bridgehead atoms. The van der Waals surface area contributed by atoms with Crippen LogP contribution in [0.1, 0.15) is 5.56 Å². The number of aryl methyl sites for hydroxylation is 1. The summed E-state index contributed by atoms with van der Waals surface area (Å²) < 4.78 is 1.91. The third-order valence-electron chi connectivity index (χ3n) is 1.92. The molecule has 1 aromatic heterocycles. The van der Waals surface area contributed by atoms with E-state index in [1.165, 1.54) is 11.3 Å². The van der Waals surface area contributed by atoms with Crippen molar-refractivity contribution in [2.24, 2.45) is 0 Å². The smallest absolute Gasteiger partial charge is 0.133 e. The summed E-state index contributed by atoms with van der Waals surface area (Å²) >= 11 is 5.83. The van der Waals surface area contributed by atoms with Crippen LogP contribution in [0.15, 0.2) is 22.4 Å². The minimum Gasteiger partial charge on any atom is -0.506 e. The van der Waals surface area contributed by atoms with Gasteiger partial charge in [0, 0.05) is 5.39 Å². The predicted octanol–water partition coefficient (Wildman–Crippen LogP) is 3.20. The summed E-state index contributed by atoms with van der Waals surface area (Å²) in [5, 5.41) is 10.6. The molecule has 1 heterocycles. The van der Waals surface area contributed by atoms with Crippen LogP contribution >= 0.6 is 24.0 Å². The van der Waals surface area contributed by atoms with Crippen molar-refractivity contribution in [3.8, 4) is 5.75 Å². The number of thiol groups is 1. The molecule has 0 radical (unpaired) electrons. The molecule has 1 aromatic carbocycles.